The van der Waals surface area contributed by atoms with Gasteiger partial charge in [0.1, 0.15) is 17.9 Å². The molecule has 2 heterocycles. The Morgan fingerprint density at radius 3 is 2.92 bits per heavy atom. The summed E-state index contributed by atoms with van der Waals surface area (Å²) in [6.07, 6.45) is 4.59. The Hall–Kier alpha value is -3.29. The van der Waals surface area contributed by atoms with Gasteiger partial charge in [-0.2, -0.15) is 0 Å². The van der Waals surface area contributed by atoms with Gasteiger partial charge in [0.15, 0.2) is 0 Å². The minimum absolute atomic E-state index is 0.00986. The first-order valence-electron chi connectivity index (χ1n) is 7.82. The molecule has 0 unspecified atom stereocenters. The van der Waals surface area contributed by atoms with E-state index in [2.05, 4.69) is 25.5 Å². The summed E-state index contributed by atoms with van der Waals surface area (Å²) in [5.41, 5.74) is 1.37. The van der Waals surface area contributed by atoms with Crippen LogP contribution in [0.4, 0.5) is 0 Å². The number of hydrogen-bond donors (Lipinski definition) is 1. The molecule has 0 atom stereocenters. The van der Waals surface area contributed by atoms with Crippen LogP contribution in [0, 0.1) is 0 Å². The number of nitrogens with zero attached hydrogens (tertiary/aromatic N) is 4. The molecular weight excluding hydrogens is 322 g/mol. The van der Waals surface area contributed by atoms with Crippen LogP contribution in [0.25, 0.3) is 11.6 Å². The third kappa shape index (κ3) is 4.37. The molecule has 0 radical (unpaired) electrons. The van der Waals surface area contributed by atoms with E-state index in [4.69, 9.17) is 9.15 Å². The predicted octanol–water partition coefficient (Wildman–Crippen LogP) is 1.78. The summed E-state index contributed by atoms with van der Waals surface area (Å²) in [6, 6.07) is 7.57. The van der Waals surface area contributed by atoms with Crippen LogP contribution in [-0.2, 0) is 17.8 Å². The molecule has 8 nitrogen and oxygen atoms in total. The Morgan fingerprint density at radius 1 is 1.24 bits per heavy atom. The van der Waals surface area contributed by atoms with Crippen molar-refractivity contribution in [3.8, 4) is 17.3 Å². The van der Waals surface area contributed by atoms with Crippen molar-refractivity contribution in [2.45, 2.75) is 19.9 Å². The maximum absolute atomic E-state index is 12.1. The van der Waals surface area contributed by atoms with Crippen molar-refractivity contribution in [1.29, 1.82) is 0 Å². The molecular formula is C17H17N5O3. The smallest absolute Gasteiger partial charge is 0.267 e. The Labute approximate surface area is 144 Å². The van der Waals surface area contributed by atoms with E-state index in [0.717, 1.165) is 11.3 Å². The maximum atomic E-state index is 12.1. The van der Waals surface area contributed by atoms with Crippen molar-refractivity contribution in [3.05, 3.63) is 54.3 Å². The lowest BCUT2D eigenvalue weighted by Crippen LogP contribution is -2.25. The molecule has 25 heavy (non-hydrogen) atoms. The lowest BCUT2D eigenvalue weighted by Gasteiger charge is -2.10. The molecule has 3 rings (SSSR count). The first-order valence-corrected chi connectivity index (χ1v) is 7.82. The van der Waals surface area contributed by atoms with Gasteiger partial charge in [0.05, 0.1) is 12.8 Å². The molecule has 3 aromatic rings. The van der Waals surface area contributed by atoms with Crippen LogP contribution < -0.4 is 10.1 Å². The number of carbonyl (C=O) groups excluding carboxylic acids is 1. The molecule has 0 aliphatic carbocycles. The summed E-state index contributed by atoms with van der Waals surface area (Å²) in [5, 5.41) is 10.6. The number of carbonyl (C=O) groups is 1. The van der Waals surface area contributed by atoms with Crippen LogP contribution in [0.1, 0.15) is 18.4 Å². The number of rotatable bonds is 7. The molecule has 0 spiro atoms. The molecule has 0 saturated heterocycles. The normalized spacial score (nSPS) is 10.4. The van der Waals surface area contributed by atoms with E-state index < -0.39 is 0 Å². The Kier molecular flexibility index (Phi) is 5.30. The number of nitrogens with one attached hydrogen (secondary N) is 1. The third-order valence-electron chi connectivity index (χ3n) is 3.31. The second-order valence-corrected chi connectivity index (χ2v) is 5.09. The van der Waals surface area contributed by atoms with Gasteiger partial charge in [-0.1, -0.05) is 18.2 Å². The molecule has 1 N–H and O–H groups in total. The second-order valence-electron chi connectivity index (χ2n) is 5.09. The number of benzene rings is 1. The van der Waals surface area contributed by atoms with Crippen LogP contribution in [-0.4, -0.2) is 32.7 Å². The standard InChI is InChI=1S/C17H17N5O3/c1-2-24-14-6-4-3-5-12(14)10-20-15(23)9-16-21-22-17(25-16)13-11-18-7-8-19-13/h3-8,11H,2,9-10H2,1H3,(H,20,23). The van der Waals surface area contributed by atoms with Gasteiger partial charge in [0.2, 0.25) is 11.8 Å². The lowest BCUT2D eigenvalue weighted by molar-refractivity contribution is -0.120. The lowest BCUT2D eigenvalue weighted by atomic mass is 10.2. The summed E-state index contributed by atoms with van der Waals surface area (Å²) in [7, 11) is 0. The van der Waals surface area contributed by atoms with Gasteiger partial charge in [0.25, 0.3) is 5.89 Å². The summed E-state index contributed by atoms with van der Waals surface area (Å²) >= 11 is 0. The molecule has 128 valence electrons. The van der Waals surface area contributed by atoms with Crippen molar-refractivity contribution >= 4 is 5.91 Å². The van der Waals surface area contributed by atoms with Gasteiger partial charge >= 0.3 is 0 Å². The quantitative estimate of drug-likeness (QED) is 0.700. The predicted molar refractivity (Wildman–Crippen MR) is 88.5 cm³/mol. The van der Waals surface area contributed by atoms with Gasteiger partial charge in [0, 0.05) is 24.5 Å². The largest absolute Gasteiger partial charge is 0.494 e. The fraction of sp³-hybridized carbons (Fsp3) is 0.235. The van der Waals surface area contributed by atoms with Crippen LogP contribution in [0.5, 0.6) is 5.75 Å². The van der Waals surface area contributed by atoms with Gasteiger partial charge < -0.3 is 14.5 Å². The van der Waals surface area contributed by atoms with Gasteiger partial charge in [-0.15, -0.1) is 10.2 Å². The molecule has 1 aromatic carbocycles. The monoisotopic (exact) mass is 339 g/mol. The number of hydrogen-bond acceptors (Lipinski definition) is 7. The average molecular weight is 339 g/mol. The topological polar surface area (TPSA) is 103 Å². The van der Waals surface area contributed by atoms with Crippen molar-refractivity contribution < 1.29 is 13.9 Å². The fourth-order valence-electron chi connectivity index (χ4n) is 2.18. The summed E-state index contributed by atoms with van der Waals surface area (Å²) in [4.78, 5) is 20.1. The first kappa shape index (κ1) is 16.6. The van der Waals surface area contributed by atoms with Crippen molar-refractivity contribution in [3.63, 3.8) is 0 Å². The van der Waals surface area contributed by atoms with E-state index in [0.29, 0.717) is 18.8 Å². The number of ether oxygens (including phenoxy) is 1. The SMILES string of the molecule is CCOc1ccccc1CNC(=O)Cc1nnc(-c2cnccn2)o1. The molecule has 0 aliphatic rings. The van der Waals surface area contributed by atoms with Crippen molar-refractivity contribution in [2.24, 2.45) is 0 Å². The number of amides is 1. The highest BCUT2D eigenvalue weighted by Gasteiger charge is 2.13. The van der Waals surface area contributed by atoms with Crippen LogP contribution in [0.3, 0.4) is 0 Å². The Bertz CT molecular complexity index is 835. The fourth-order valence-corrected chi connectivity index (χ4v) is 2.18. The molecule has 0 saturated carbocycles. The Morgan fingerprint density at radius 2 is 2.12 bits per heavy atom. The van der Waals surface area contributed by atoms with E-state index in [1.54, 1.807) is 6.20 Å². The molecule has 2 aromatic heterocycles. The molecule has 8 heteroatoms. The van der Waals surface area contributed by atoms with Gasteiger partial charge in [-0.3, -0.25) is 9.78 Å². The highest BCUT2D eigenvalue weighted by Crippen LogP contribution is 2.17. The molecule has 0 fully saturated rings. The molecule has 1 amide bonds. The zero-order valence-corrected chi connectivity index (χ0v) is 13.7. The summed E-state index contributed by atoms with van der Waals surface area (Å²) in [5.74, 6) is 0.988. The van der Waals surface area contributed by atoms with E-state index in [9.17, 15) is 4.79 Å². The average Bonchev–Trinajstić information content (AvgIpc) is 3.10. The van der Waals surface area contributed by atoms with Crippen LogP contribution in [0.15, 0.2) is 47.3 Å². The van der Waals surface area contributed by atoms with E-state index in [1.165, 1.54) is 12.4 Å². The van der Waals surface area contributed by atoms with Crippen LogP contribution in [0.2, 0.25) is 0 Å². The van der Waals surface area contributed by atoms with E-state index in [1.807, 2.05) is 31.2 Å². The summed E-state index contributed by atoms with van der Waals surface area (Å²) < 4.78 is 11.0. The summed E-state index contributed by atoms with van der Waals surface area (Å²) in [6.45, 7) is 2.85. The zero-order valence-electron chi connectivity index (χ0n) is 13.7. The minimum Gasteiger partial charge on any atom is -0.494 e. The highest BCUT2D eigenvalue weighted by molar-refractivity contribution is 5.77. The van der Waals surface area contributed by atoms with Gasteiger partial charge in [-0.25, -0.2) is 4.98 Å². The van der Waals surface area contributed by atoms with Gasteiger partial charge in [-0.05, 0) is 13.0 Å². The van der Waals surface area contributed by atoms with Crippen molar-refractivity contribution in [2.75, 3.05) is 6.61 Å². The highest BCUT2D eigenvalue weighted by atomic mass is 16.5. The third-order valence-corrected chi connectivity index (χ3v) is 3.31. The van der Waals surface area contributed by atoms with Crippen molar-refractivity contribution in [1.82, 2.24) is 25.5 Å². The molecule has 0 bridgehead atoms. The zero-order chi connectivity index (χ0) is 17.5. The van der Waals surface area contributed by atoms with E-state index in [-0.39, 0.29) is 24.1 Å². The molecule has 0 aliphatic heterocycles. The number of aromatic nitrogens is 4. The number of para-hydroxylation sites is 1. The Balaban J connectivity index is 1.58. The van der Waals surface area contributed by atoms with E-state index >= 15 is 0 Å². The second kappa shape index (κ2) is 8.00. The maximum Gasteiger partial charge on any atom is 0.267 e. The van der Waals surface area contributed by atoms with Crippen LogP contribution >= 0.6 is 0 Å². The first-order chi connectivity index (χ1) is 12.3. The minimum atomic E-state index is -0.222.